The lowest BCUT2D eigenvalue weighted by molar-refractivity contribution is 0.0943. The zero-order valence-electron chi connectivity index (χ0n) is 17.2. The van der Waals surface area contributed by atoms with Gasteiger partial charge in [0.15, 0.2) is 0 Å². The Balaban J connectivity index is 1.54. The zero-order chi connectivity index (χ0) is 20.9. The van der Waals surface area contributed by atoms with Gasteiger partial charge in [0.05, 0.1) is 6.04 Å². The molecule has 1 aromatic heterocycles. The first kappa shape index (κ1) is 19.6. The molecule has 0 aliphatic carbocycles. The van der Waals surface area contributed by atoms with Gasteiger partial charge in [-0.2, -0.15) is 0 Å². The van der Waals surface area contributed by atoms with E-state index in [0.717, 1.165) is 29.1 Å². The summed E-state index contributed by atoms with van der Waals surface area (Å²) in [7, 11) is 0. The van der Waals surface area contributed by atoms with E-state index in [1.54, 1.807) is 6.20 Å². The fourth-order valence-corrected chi connectivity index (χ4v) is 3.60. The van der Waals surface area contributed by atoms with Crippen molar-refractivity contribution in [2.75, 3.05) is 0 Å². The fraction of sp³-hybridized carbons (Fsp3) is 0.154. The van der Waals surface area contributed by atoms with Gasteiger partial charge in [0.25, 0.3) is 5.91 Å². The molecular formula is C26H25N3O. The molecule has 1 heterocycles. The summed E-state index contributed by atoms with van der Waals surface area (Å²) in [6, 6.07) is 25.9. The van der Waals surface area contributed by atoms with E-state index >= 15 is 0 Å². The molecule has 0 saturated heterocycles. The Morgan fingerprint density at radius 2 is 1.67 bits per heavy atom. The van der Waals surface area contributed by atoms with Crippen LogP contribution in [0.1, 0.15) is 44.5 Å². The average molecular weight is 396 g/mol. The number of benzene rings is 3. The van der Waals surface area contributed by atoms with E-state index in [1.807, 2.05) is 73.8 Å². The van der Waals surface area contributed by atoms with Crippen molar-refractivity contribution < 1.29 is 4.79 Å². The molecule has 1 N–H and O–H groups in total. The number of nitrogens with one attached hydrogen (secondary N) is 1. The zero-order valence-corrected chi connectivity index (χ0v) is 17.2. The van der Waals surface area contributed by atoms with Gasteiger partial charge in [0.2, 0.25) is 0 Å². The van der Waals surface area contributed by atoms with Crippen LogP contribution in [0.15, 0.2) is 91.3 Å². The first-order chi connectivity index (χ1) is 14.6. The number of aryl methyl sites for hydroxylation is 2. The van der Waals surface area contributed by atoms with E-state index in [9.17, 15) is 4.79 Å². The Hall–Kier alpha value is -3.66. The van der Waals surface area contributed by atoms with Crippen molar-refractivity contribution in [2.45, 2.75) is 26.4 Å². The molecule has 1 unspecified atom stereocenters. The smallest absolute Gasteiger partial charge is 0.252 e. The highest BCUT2D eigenvalue weighted by Crippen LogP contribution is 2.23. The van der Waals surface area contributed by atoms with Gasteiger partial charge in [-0.3, -0.25) is 4.79 Å². The van der Waals surface area contributed by atoms with Crippen molar-refractivity contribution in [3.05, 3.63) is 125 Å². The third-order valence-corrected chi connectivity index (χ3v) is 5.28. The summed E-state index contributed by atoms with van der Waals surface area (Å²) in [6.07, 6.45) is 3.76. The molecular weight excluding hydrogens is 370 g/mol. The lowest BCUT2D eigenvalue weighted by atomic mass is 9.97. The predicted octanol–water partition coefficient (Wildman–Crippen LogP) is 5.07. The minimum atomic E-state index is -0.202. The minimum absolute atomic E-state index is 0.0873. The van der Waals surface area contributed by atoms with E-state index in [1.165, 1.54) is 5.56 Å². The molecule has 30 heavy (non-hydrogen) atoms. The summed E-state index contributed by atoms with van der Waals surface area (Å²) < 4.78 is 2.08. The number of nitrogens with zero attached hydrogens (tertiary/aromatic N) is 2. The van der Waals surface area contributed by atoms with Crippen molar-refractivity contribution in [1.29, 1.82) is 0 Å². The molecule has 4 heteroatoms. The number of amides is 1. The molecule has 3 aromatic carbocycles. The highest BCUT2D eigenvalue weighted by molar-refractivity contribution is 5.94. The normalized spacial score (nSPS) is 11.8. The summed E-state index contributed by atoms with van der Waals surface area (Å²) in [5.41, 5.74) is 5.08. The molecule has 0 aliphatic heterocycles. The van der Waals surface area contributed by atoms with Crippen LogP contribution in [0.25, 0.3) is 0 Å². The van der Waals surface area contributed by atoms with Crippen molar-refractivity contribution >= 4 is 5.91 Å². The topological polar surface area (TPSA) is 46.9 Å². The van der Waals surface area contributed by atoms with E-state index in [0.29, 0.717) is 5.56 Å². The van der Waals surface area contributed by atoms with Crippen LogP contribution >= 0.6 is 0 Å². The highest BCUT2D eigenvalue weighted by atomic mass is 16.1. The van der Waals surface area contributed by atoms with Crippen LogP contribution in [0, 0.1) is 13.8 Å². The number of carbonyl (C=O) groups excluding carboxylic acids is 1. The number of aromatic nitrogens is 2. The Morgan fingerprint density at radius 1 is 0.933 bits per heavy atom. The molecule has 0 saturated carbocycles. The van der Waals surface area contributed by atoms with Crippen LogP contribution in [0.4, 0.5) is 0 Å². The Labute approximate surface area is 177 Å². The van der Waals surface area contributed by atoms with Gasteiger partial charge in [-0.25, -0.2) is 4.98 Å². The van der Waals surface area contributed by atoms with Crippen molar-refractivity contribution in [1.82, 2.24) is 14.9 Å². The molecule has 0 bridgehead atoms. The van der Waals surface area contributed by atoms with Gasteiger partial charge in [-0.1, -0.05) is 72.3 Å². The van der Waals surface area contributed by atoms with Crippen LogP contribution < -0.4 is 5.32 Å². The van der Waals surface area contributed by atoms with Crippen LogP contribution in [-0.2, 0) is 6.54 Å². The monoisotopic (exact) mass is 395 g/mol. The fourth-order valence-electron chi connectivity index (χ4n) is 3.60. The molecule has 0 aliphatic rings. The SMILES string of the molecule is Cc1cccc(C(NC(=O)c2ccc(Cn3ccnc3C)cc2)c2ccccc2)c1. The van der Waals surface area contributed by atoms with Crippen molar-refractivity contribution in [3.8, 4) is 0 Å². The Kier molecular flexibility index (Phi) is 5.75. The number of hydrogen-bond acceptors (Lipinski definition) is 2. The van der Waals surface area contributed by atoms with E-state index in [-0.39, 0.29) is 11.9 Å². The second-order valence-electron chi connectivity index (χ2n) is 7.53. The number of imidazole rings is 1. The highest BCUT2D eigenvalue weighted by Gasteiger charge is 2.18. The van der Waals surface area contributed by atoms with Crippen LogP contribution in [0.2, 0.25) is 0 Å². The molecule has 0 fully saturated rings. The summed E-state index contributed by atoms with van der Waals surface area (Å²) in [5, 5.41) is 3.21. The average Bonchev–Trinajstić information content (AvgIpc) is 3.17. The molecule has 4 rings (SSSR count). The summed E-state index contributed by atoms with van der Waals surface area (Å²) in [4.78, 5) is 17.3. The first-order valence-electron chi connectivity index (χ1n) is 10.1. The lowest BCUT2D eigenvalue weighted by Gasteiger charge is -2.20. The van der Waals surface area contributed by atoms with E-state index in [2.05, 4.69) is 40.0 Å². The van der Waals surface area contributed by atoms with Gasteiger partial charge in [-0.05, 0) is 42.7 Å². The van der Waals surface area contributed by atoms with Gasteiger partial charge >= 0.3 is 0 Å². The Morgan fingerprint density at radius 3 is 2.33 bits per heavy atom. The maximum atomic E-state index is 13.0. The van der Waals surface area contributed by atoms with Gasteiger partial charge in [0, 0.05) is 24.5 Å². The molecule has 4 nitrogen and oxygen atoms in total. The van der Waals surface area contributed by atoms with E-state index in [4.69, 9.17) is 0 Å². The summed E-state index contributed by atoms with van der Waals surface area (Å²) >= 11 is 0. The molecule has 0 spiro atoms. The number of rotatable bonds is 6. The lowest BCUT2D eigenvalue weighted by Crippen LogP contribution is -2.29. The Bertz CT molecular complexity index is 1130. The van der Waals surface area contributed by atoms with Crippen LogP contribution in [0.5, 0.6) is 0 Å². The standard InChI is InChI=1S/C26H25N3O/c1-19-7-6-10-24(17-19)25(22-8-4-3-5-9-22)28-26(30)23-13-11-21(12-14-23)18-29-16-15-27-20(29)2/h3-17,25H,18H2,1-2H3,(H,28,30). The maximum Gasteiger partial charge on any atom is 0.252 e. The molecule has 0 radical (unpaired) electrons. The second-order valence-corrected chi connectivity index (χ2v) is 7.53. The molecule has 4 aromatic rings. The number of carbonyl (C=O) groups is 1. The minimum Gasteiger partial charge on any atom is -0.341 e. The maximum absolute atomic E-state index is 13.0. The second kappa shape index (κ2) is 8.78. The van der Waals surface area contributed by atoms with Gasteiger partial charge in [0.1, 0.15) is 5.82 Å². The summed E-state index contributed by atoms with van der Waals surface area (Å²) in [5.74, 6) is 0.886. The van der Waals surface area contributed by atoms with Crippen molar-refractivity contribution in [3.63, 3.8) is 0 Å². The molecule has 150 valence electrons. The van der Waals surface area contributed by atoms with E-state index < -0.39 is 0 Å². The van der Waals surface area contributed by atoms with Crippen LogP contribution in [-0.4, -0.2) is 15.5 Å². The third kappa shape index (κ3) is 4.49. The van der Waals surface area contributed by atoms with Crippen LogP contribution in [0.3, 0.4) is 0 Å². The quantitative estimate of drug-likeness (QED) is 0.496. The van der Waals surface area contributed by atoms with Crippen molar-refractivity contribution in [2.24, 2.45) is 0 Å². The molecule has 1 atom stereocenters. The first-order valence-corrected chi connectivity index (χ1v) is 10.1. The van der Waals surface area contributed by atoms with Gasteiger partial charge < -0.3 is 9.88 Å². The summed E-state index contributed by atoms with van der Waals surface area (Å²) in [6.45, 7) is 4.79. The largest absolute Gasteiger partial charge is 0.341 e. The molecule has 1 amide bonds. The number of hydrogen-bond donors (Lipinski definition) is 1. The third-order valence-electron chi connectivity index (χ3n) is 5.28. The predicted molar refractivity (Wildman–Crippen MR) is 119 cm³/mol. The van der Waals surface area contributed by atoms with Gasteiger partial charge in [-0.15, -0.1) is 0 Å².